The molecule has 1 saturated heterocycles. The normalized spacial score (nSPS) is 15.4. The van der Waals surface area contributed by atoms with Crippen molar-refractivity contribution in [2.24, 2.45) is 0 Å². The fourth-order valence-electron chi connectivity index (χ4n) is 2.41. The van der Waals surface area contributed by atoms with Gasteiger partial charge in [0.2, 0.25) is 5.91 Å². The van der Waals surface area contributed by atoms with E-state index in [1.54, 1.807) is 29.2 Å². The van der Waals surface area contributed by atoms with Crippen molar-refractivity contribution < 1.29 is 19.1 Å². The third-order valence-corrected chi connectivity index (χ3v) is 3.84. The number of ether oxygens (including phenoxy) is 1. The minimum absolute atomic E-state index is 0.000219. The Labute approximate surface area is 135 Å². The van der Waals surface area contributed by atoms with Crippen LogP contribution in [0.5, 0.6) is 0 Å². The highest BCUT2D eigenvalue weighted by atomic mass is 16.5. The van der Waals surface area contributed by atoms with Gasteiger partial charge in [-0.15, -0.1) is 0 Å². The number of hydrogen-bond donors (Lipinski definition) is 1. The zero-order valence-corrected chi connectivity index (χ0v) is 13.5. The van der Waals surface area contributed by atoms with Crippen LogP contribution in [0.3, 0.4) is 0 Å². The molecule has 6 heteroatoms. The van der Waals surface area contributed by atoms with Crippen molar-refractivity contribution in [2.75, 3.05) is 18.1 Å². The second-order valence-corrected chi connectivity index (χ2v) is 5.62. The van der Waals surface area contributed by atoms with Gasteiger partial charge in [-0.1, -0.05) is 19.1 Å². The van der Waals surface area contributed by atoms with E-state index in [0.29, 0.717) is 24.2 Å². The summed E-state index contributed by atoms with van der Waals surface area (Å²) in [5, 5.41) is 2.73. The highest BCUT2D eigenvalue weighted by molar-refractivity contribution is 6.03. The van der Waals surface area contributed by atoms with Crippen molar-refractivity contribution in [2.45, 2.75) is 39.2 Å². The second-order valence-electron chi connectivity index (χ2n) is 5.62. The first kappa shape index (κ1) is 17.0. The van der Waals surface area contributed by atoms with Gasteiger partial charge in [-0.05, 0) is 31.9 Å². The van der Waals surface area contributed by atoms with Gasteiger partial charge in [-0.3, -0.25) is 9.59 Å². The lowest BCUT2D eigenvalue weighted by Crippen LogP contribution is -2.35. The minimum Gasteiger partial charge on any atom is -0.452 e. The maximum Gasteiger partial charge on any atom is 0.340 e. The molecule has 23 heavy (non-hydrogen) atoms. The van der Waals surface area contributed by atoms with E-state index in [2.05, 4.69) is 5.32 Å². The van der Waals surface area contributed by atoms with Crippen LogP contribution in [0.25, 0.3) is 0 Å². The number of anilines is 1. The number of esters is 1. The van der Waals surface area contributed by atoms with E-state index in [9.17, 15) is 14.4 Å². The first-order valence-electron chi connectivity index (χ1n) is 7.88. The standard InChI is InChI=1S/C17H22N2O4/c1-3-12(2)18-15(20)11-23-17(22)13-7-4-5-8-14(13)19-10-6-9-16(19)21/h4-5,7-8,12H,3,6,9-11H2,1-2H3,(H,18,20)/t12-/m0/s1. The van der Waals surface area contributed by atoms with Crippen LogP contribution >= 0.6 is 0 Å². The average Bonchev–Trinajstić information content (AvgIpc) is 2.98. The SMILES string of the molecule is CC[C@H](C)NC(=O)COC(=O)c1ccccc1N1CCCC1=O. The molecule has 0 radical (unpaired) electrons. The summed E-state index contributed by atoms with van der Waals surface area (Å²) in [6, 6.07) is 6.85. The fraction of sp³-hybridized carbons (Fsp3) is 0.471. The third kappa shape index (κ3) is 4.31. The predicted octanol–water partition coefficient (Wildman–Crippen LogP) is 1.88. The molecule has 0 saturated carbocycles. The summed E-state index contributed by atoms with van der Waals surface area (Å²) in [6.07, 6.45) is 2.07. The number of hydrogen-bond acceptors (Lipinski definition) is 4. The summed E-state index contributed by atoms with van der Waals surface area (Å²) in [6.45, 7) is 4.11. The molecule has 1 atom stereocenters. The van der Waals surface area contributed by atoms with Crippen molar-refractivity contribution in [1.29, 1.82) is 0 Å². The molecule has 1 N–H and O–H groups in total. The van der Waals surface area contributed by atoms with Gasteiger partial charge in [0.05, 0.1) is 11.3 Å². The van der Waals surface area contributed by atoms with Crippen molar-refractivity contribution in [3.63, 3.8) is 0 Å². The quantitative estimate of drug-likeness (QED) is 0.813. The molecule has 0 aromatic heterocycles. The van der Waals surface area contributed by atoms with Crippen LogP contribution in [0.1, 0.15) is 43.5 Å². The van der Waals surface area contributed by atoms with E-state index in [1.807, 2.05) is 13.8 Å². The maximum absolute atomic E-state index is 12.2. The molecule has 0 bridgehead atoms. The molecule has 1 aromatic carbocycles. The van der Waals surface area contributed by atoms with Crippen LogP contribution < -0.4 is 10.2 Å². The van der Waals surface area contributed by atoms with Crippen LogP contribution in [0, 0.1) is 0 Å². The van der Waals surface area contributed by atoms with Gasteiger partial charge >= 0.3 is 5.97 Å². The fourth-order valence-corrected chi connectivity index (χ4v) is 2.41. The summed E-state index contributed by atoms with van der Waals surface area (Å²) in [4.78, 5) is 37.4. The molecule has 0 spiro atoms. The number of amides is 2. The van der Waals surface area contributed by atoms with Gasteiger partial charge in [0.25, 0.3) is 5.91 Å². The Morgan fingerprint density at radius 3 is 2.74 bits per heavy atom. The smallest absolute Gasteiger partial charge is 0.340 e. The number of carbonyl (C=O) groups excluding carboxylic acids is 3. The first-order valence-corrected chi connectivity index (χ1v) is 7.88. The first-order chi connectivity index (χ1) is 11.0. The lowest BCUT2D eigenvalue weighted by molar-refractivity contribution is -0.124. The Hall–Kier alpha value is -2.37. The van der Waals surface area contributed by atoms with Crippen LogP contribution in [-0.2, 0) is 14.3 Å². The molecule has 1 aromatic rings. The van der Waals surface area contributed by atoms with E-state index in [-0.39, 0.29) is 24.5 Å². The summed E-state index contributed by atoms with van der Waals surface area (Å²) >= 11 is 0. The molecule has 0 unspecified atom stereocenters. The van der Waals surface area contributed by atoms with Gasteiger partial charge in [0, 0.05) is 19.0 Å². The van der Waals surface area contributed by atoms with Crippen LogP contribution in [0.2, 0.25) is 0 Å². The van der Waals surface area contributed by atoms with Gasteiger partial charge in [0.1, 0.15) is 0 Å². The molecule has 6 nitrogen and oxygen atoms in total. The number of para-hydroxylation sites is 1. The molecule has 1 heterocycles. The summed E-state index contributed by atoms with van der Waals surface area (Å²) < 4.78 is 5.08. The van der Waals surface area contributed by atoms with Gasteiger partial charge in [0.15, 0.2) is 6.61 Å². The minimum atomic E-state index is -0.598. The molecule has 124 valence electrons. The maximum atomic E-state index is 12.2. The van der Waals surface area contributed by atoms with Crippen molar-refractivity contribution in [3.05, 3.63) is 29.8 Å². The van der Waals surface area contributed by atoms with E-state index < -0.39 is 5.97 Å². The molecule has 1 aliphatic rings. The molecule has 2 amide bonds. The van der Waals surface area contributed by atoms with Crippen molar-refractivity contribution in [1.82, 2.24) is 5.32 Å². The summed E-state index contributed by atoms with van der Waals surface area (Å²) in [5.41, 5.74) is 0.849. The van der Waals surface area contributed by atoms with Crippen LogP contribution in [-0.4, -0.2) is 37.0 Å². The van der Waals surface area contributed by atoms with E-state index >= 15 is 0 Å². The molecular weight excluding hydrogens is 296 g/mol. The zero-order chi connectivity index (χ0) is 16.8. The zero-order valence-electron chi connectivity index (χ0n) is 13.5. The average molecular weight is 318 g/mol. The van der Waals surface area contributed by atoms with Crippen LogP contribution in [0.15, 0.2) is 24.3 Å². The Bertz CT molecular complexity index is 600. The van der Waals surface area contributed by atoms with Crippen molar-refractivity contribution in [3.8, 4) is 0 Å². The lowest BCUT2D eigenvalue weighted by atomic mass is 10.1. The Morgan fingerprint density at radius 2 is 2.09 bits per heavy atom. The second kappa shape index (κ2) is 7.76. The van der Waals surface area contributed by atoms with Gasteiger partial charge in [-0.25, -0.2) is 4.79 Å². The van der Waals surface area contributed by atoms with E-state index in [1.165, 1.54) is 0 Å². The highest BCUT2D eigenvalue weighted by Crippen LogP contribution is 2.25. The summed E-state index contributed by atoms with van der Waals surface area (Å²) in [7, 11) is 0. The monoisotopic (exact) mass is 318 g/mol. The van der Waals surface area contributed by atoms with Gasteiger partial charge in [-0.2, -0.15) is 0 Å². The molecule has 0 aliphatic carbocycles. The molecule has 1 aliphatic heterocycles. The van der Waals surface area contributed by atoms with Gasteiger partial charge < -0.3 is 15.0 Å². The number of carbonyl (C=O) groups is 3. The Kier molecular flexibility index (Phi) is 5.73. The molecular formula is C17H22N2O4. The topological polar surface area (TPSA) is 75.7 Å². The highest BCUT2D eigenvalue weighted by Gasteiger charge is 2.26. The summed E-state index contributed by atoms with van der Waals surface area (Å²) in [5.74, 6) is -0.929. The van der Waals surface area contributed by atoms with Crippen LogP contribution in [0.4, 0.5) is 5.69 Å². The number of benzene rings is 1. The lowest BCUT2D eigenvalue weighted by Gasteiger charge is -2.19. The molecule has 2 rings (SSSR count). The Morgan fingerprint density at radius 1 is 1.35 bits per heavy atom. The van der Waals surface area contributed by atoms with Crippen molar-refractivity contribution >= 4 is 23.5 Å². The predicted molar refractivity (Wildman–Crippen MR) is 86.2 cm³/mol. The molecule has 1 fully saturated rings. The van der Waals surface area contributed by atoms with E-state index in [4.69, 9.17) is 4.74 Å². The van der Waals surface area contributed by atoms with E-state index in [0.717, 1.165) is 12.8 Å². The largest absolute Gasteiger partial charge is 0.452 e. The number of nitrogens with one attached hydrogen (secondary N) is 1. The Balaban J connectivity index is 2.02. The number of nitrogens with zero attached hydrogens (tertiary/aromatic N) is 1. The number of rotatable bonds is 6. The third-order valence-electron chi connectivity index (χ3n) is 3.84.